The SMILES string of the molecule is COc1ccc(CC(C(=O)NN=Cc2ccc(N(CCCl)CCCl)cc2)c2ccccc2)cc1. The number of hydrogen-bond acceptors (Lipinski definition) is 4. The Bertz CT molecular complexity index is 1040. The van der Waals surface area contributed by atoms with E-state index < -0.39 is 0 Å². The molecule has 3 aromatic carbocycles. The van der Waals surface area contributed by atoms with Gasteiger partial charge in [0, 0.05) is 30.5 Å². The second kappa shape index (κ2) is 13.6. The Hall–Kier alpha value is -3.02. The molecule has 178 valence electrons. The molecule has 7 heteroatoms. The minimum absolute atomic E-state index is 0.162. The quantitative estimate of drug-likeness (QED) is 0.205. The lowest BCUT2D eigenvalue weighted by atomic mass is 9.91. The van der Waals surface area contributed by atoms with Gasteiger partial charge in [0.25, 0.3) is 0 Å². The van der Waals surface area contributed by atoms with Gasteiger partial charge in [-0.3, -0.25) is 4.79 Å². The number of anilines is 1. The molecule has 0 aromatic heterocycles. The Morgan fingerprint density at radius 1 is 0.971 bits per heavy atom. The van der Waals surface area contributed by atoms with Crippen LogP contribution >= 0.6 is 23.2 Å². The average Bonchev–Trinajstić information content (AvgIpc) is 2.88. The molecule has 0 radical (unpaired) electrons. The Kier molecular flexibility index (Phi) is 10.3. The molecule has 0 aliphatic rings. The third kappa shape index (κ3) is 7.51. The highest BCUT2D eigenvalue weighted by molar-refractivity contribution is 6.18. The van der Waals surface area contributed by atoms with E-state index in [1.54, 1.807) is 13.3 Å². The van der Waals surface area contributed by atoms with E-state index >= 15 is 0 Å². The summed E-state index contributed by atoms with van der Waals surface area (Å²) in [6.07, 6.45) is 2.20. The van der Waals surface area contributed by atoms with E-state index in [1.807, 2.05) is 78.9 Å². The van der Waals surface area contributed by atoms with E-state index in [1.165, 1.54) is 0 Å². The number of hydrogen-bond donors (Lipinski definition) is 1. The summed E-state index contributed by atoms with van der Waals surface area (Å²) in [6.45, 7) is 1.46. The molecular weight excluding hydrogens is 469 g/mol. The summed E-state index contributed by atoms with van der Waals surface area (Å²) in [5, 5.41) is 4.20. The summed E-state index contributed by atoms with van der Waals surface area (Å²) >= 11 is 11.8. The molecule has 3 rings (SSSR count). The van der Waals surface area contributed by atoms with Crippen LogP contribution in [0.5, 0.6) is 5.75 Å². The van der Waals surface area contributed by atoms with Crippen LogP contribution < -0.4 is 15.1 Å². The van der Waals surface area contributed by atoms with Crippen molar-refractivity contribution in [1.29, 1.82) is 0 Å². The molecule has 0 fully saturated rings. The highest BCUT2D eigenvalue weighted by atomic mass is 35.5. The normalized spacial score (nSPS) is 11.9. The first-order valence-corrected chi connectivity index (χ1v) is 12.2. The predicted molar refractivity (Wildman–Crippen MR) is 142 cm³/mol. The zero-order chi connectivity index (χ0) is 24.2. The van der Waals surface area contributed by atoms with Gasteiger partial charge in [0.15, 0.2) is 0 Å². The van der Waals surface area contributed by atoms with Crippen molar-refractivity contribution in [3.63, 3.8) is 0 Å². The molecule has 1 atom stereocenters. The average molecular weight is 498 g/mol. The van der Waals surface area contributed by atoms with Crippen LogP contribution in [0.1, 0.15) is 22.6 Å². The first-order chi connectivity index (χ1) is 16.6. The molecule has 0 aliphatic carbocycles. The van der Waals surface area contributed by atoms with Gasteiger partial charge in [-0.1, -0.05) is 54.6 Å². The van der Waals surface area contributed by atoms with Gasteiger partial charge in [0.1, 0.15) is 5.75 Å². The van der Waals surface area contributed by atoms with Gasteiger partial charge in [-0.15, -0.1) is 23.2 Å². The van der Waals surface area contributed by atoms with Crippen molar-refractivity contribution in [2.45, 2.75) is 12.3 Å². The topological polar surface area (TPSA) is 53.9 Å². The van der Waals surface area contributed by atoms with Gasteiger partial charge in [-0.2, -0.15) is 5.10 Å². The minimum atomic E-state index is -0.367. The monoisotopic (exact) mass is 497 g/mol. The number of carbonyl (C=O) groups is 1. The molecular formula is C27H29Cl2N3O2. The summed E-state index contributed by atoms with van der Waals surface area (Å²) < 4.78 is 5.23. The molecule has 0 saturated heterocycles. The lowest BCUT2D eigenvalue weighted by Crippen LogP contribution is -2.27. The van der Waals surface area contributed by atoms with Crippen molar-refractivity contribution < 1.29 is 9.53 Å². The fourth-order valence-electron chi connectivity index (χ4n) is 3.64. The Labute approximate surface area is 211 Å². The first-order valence-electron chi connectivity index (χ1n) is 11.1. The van der Waals surface area contributed by atoms with Crippen LogP contribution in [0.2, 0.25) is 0 Å². The van der Waals surface area contributed by atoms with E-state index in [4.69, 9.17) is 27.9 Å². The molecule has 1 unspecified atom stereocenters. The van der Waals surface area contributed by atoms with E-state index in [0.717, 1.165) is 41.2 Å². The number of alkyl halides is 2. The summed E-state index contributed by atoms with van der Waals surface area (Å²) in [4.78, 5) is 15.2. The number of carbonyl (C=O) groups excluding carboxylic acids is 1. The number of rotatable bonds is 12. The van der Waals surface area contributed by atoms with Crippen LogP contribution in [0, 0.1) is 0 Å². The molecule has 0 saturated carbocycles. The van der Waals surface area contributed by atoms with Gasteiger partial charge in [0.2, 0.25) is 5.91 Å². The molecule has 0 aliphatic heterocycles. The first kappa shape index (κ1) is 25.6. The Balaban J connectivity index is 1.67. The number of halogens is 2. The Morgan fingerprint density at radius 2 is 1.62 bits per heavy atom. The van der Waals surface area contributed by atoms with Crippen LogP contribution in [0.4, 0.5) is 5.69 Å². The van der Waals surface area contributed by atoms with E-state index in [0.29, 0.717) is 18.2 Å². The maximum absolute atomic E-state index is 13.1. The van der Waals surface area contributed by atoms with Crippen LogP contribution in [0.3, 0.4) is 0 Å². The highest BCUT2D eigenvalue weighted by Gasteiger charge is 2.21. The van der Waals surface area contributed by atoms with Crippen molar-refractivity contribution in [2.24, 2.45) is 5.10 Å². The number of ether oxygens (including phenoxy) is 1. The van der Waals surface area contributed by atoms with Gasteiger partial charge in [0.05, 0.1) is 19.2 Å². The van der Waals surface area contributed by atoms with Crippen molar-refractivity contribution in [1.82, 2.24) is 5.43 Å². The Morgan fingerprint density at radius 3 is 2.21 bits per heavy atom. The van der Waals surface area contributed by atoms with Gasteiger partial charge < -0.3 is 9.64 Å². The van der Waals surface area contributed by atoms with Gasteiger partial charge >= 0.3 is 0 Å². The van der Waals surface area contributed by atoms with Crippen LogP contribution in [0.25, 0.3) is 0 Å². The maximum Gasteiger partial charge on any atom is 0.247 e. The number of hydrazone groups is 1. The smallest absolute Gasteiger partial charge is 0.247 e. The van der Waals surface area contributed by atoms with Gasteiger partial charge in [-0.25, -0.2) is 5.43 Å². The molecule has 0 bridgehead atoms. The molecule has 0 heterocycles. The van der Waals surface area contributed by atoms with Crippen LogP contribution in [-0.4, -0.2) is 44.1 Å². The third-order valence-corrected chi connectivity index (χ3v) is 5.81. The van der Waals surface area contributed by atoms with Gasteiger partial charge in [-0.05, 0) is 47.4 Å². The second-order valence-corrected chi connectivity index (χ2v) is 8.46. The lowest BCUT2D eigenvalue weighted by molar-refractivity contribution is -0.122. The summed E-state index contributed by atoms with van der Waals surface area (Å²) in [7, 11) is 1.64. The molecule has 3 aromatic rings. The van der Waals surface area contributed by atoms with Crippen molar-refractivity contribution in [3.05, 3.63) is 95.6 Å². The van der Waals surface area contributed by atoms with E-state index in [9.17, 15) is 4.79 Å². The van der Waals surface area contributed by atoms with E-state index in [-0.39, 0.29) is 11.8 Å². The summed E-state index contributed by atoms with van der Waals surface area (Å²) in [5.41, 5.74) is 6.62. The minimum Gasteiger partial charge on any atom is -0.497 e. The number of nitrogens with one attached hydrogen (secondary N) is 1. The zero-order valence-electron chi connectivity index (χ0n) is 19.2. The zero-order valence-corrected chi connectivity index (χ0v) is 20.7. The standard InChI is InChI=1S/C27H29Cl2N3O2/c1-34-25-13-9-21(10-14-25)19-26(23-5-3-2-4-6-23)27(33)31-30-20-22-7-11-24(12-8-22)32(17-15-28)18-16-29/h2-14,20,26H,15-19H2,1H3,(H,31,33). The molecule has 1 amide bonds. The van der Waals surface area contributed by atoms with Crippen molar-refractivity contribution in [2.75, 3.05) is 36.9 Å². The number of nitrogens with zero attached hydrogens (tertiary/aromatic N) is 2. The maximum atomic E-state index is 13.1. The molecule has 34 heavy (non-hydrogen) atoms. The fraction of sp³-hybridized carbons (Fsp3) is 0.259. The second-order valence-electron chi connectivity index (χ2n) is 7.71. The predicted octanol–water partition coefficient (Wildman–Crippen LogP) is 5.46. The largest absolute Gasteiger partial charge is 0.497 e. The number of amides is 1. The summed E-state index contributed by atoms with van der Waals surface area (Å²) in [5.74, 6) is 1.32. The fourth-order valence-corrected chi connectivity index (χ4v) is 4.05. The van der Waals surface area contributed by atoms with Crippen molar-refractivity contribution in [3.8, 4) is 5.75 Å². The number of benzene rings is 3. The highest BCUT2D eigenvalue weighted by Crippen LogP contribution is 2.23. The number of methoxy groups -OCH3 is 1. The molecule has 1 N–H and O–H groups in total. The summed E-state index contributed by atoms with van der Waals surface area (Å²) in [6, 6.07) is 25.4. The lowest BCUT2D eigenvalue weighted by Gasteiger charge is -2.22. The van der Waals surface area contributed by atoms with Crippen LogP contribution in [-0.2, 0) is 11.2 Å². The molecule has 5 nitrogen and oxygen atoms in total. The third-order valence-electron chi connectivity index (χ3n) is 5.47. The van der Waals surface area contributed by atoms with Crippen LogP contribution in [0.15, 0.2) is 84.0 Å². The van der Waals surface area contributed by atoms with E-state index in [2.05, 4.69) is 15.4 Å². The molecule has 0 spiro atoms. The van der Waals surface area contributed by atoms with Crippen molar-refractivity contribution >= 4 is 41.0 Å².